The number of halogens is 4. The smallest absolute Gasteiger partial charge is 0.381 e. The fourth-order valence-corrected chi connectivity index (χ4v) is 2.88. The monoisotopic (exact) mass is 365 g/mol. The molecule has 2 N–H and O–H groups in total. The predicted molar refractivity (Wildman–Crippen MR) is 79.9 cm³/mol. The quantitative estimate of drug-likeness (QED) is 0.874. The first-order valence-electron chi connectivity index (χ1n) is 6.22. The Balaban J connectivity index is 2.44. The molecule has 2 rings (SSSR count). The zero-order valence-electron chi connectivity index (χ0n) is 11.7. The second-order valence-electron chi connectivity index (χ2n) is 4.80. The molecule has 2 aromatic rings. The Bertz CT molecular complexity index is 728. The van der Waals surface area contributed by atoms with Gasteiger partial charge in [0.05, 0.1) is 16.0 Å². The average molecular weight is 366 g/mol. The number of pyridine rings is 1. The van der Waals surface area contributed by atoms with E-state index >= 15 is 0 Å². The molecule has 0 radical (unpaired) electrons. The summed E-state index contributed by atoms with van der Waals surface area (Å²) < 4.78 is 44.0. The third-order valence-electron chi connectivity index (χ3n) is 3.12. The van der Waals surface area contributed by atoms with E-state index in [4.69, 9.17) is 17.3 Å². The van der Waals surface area contributed by atoms with Crippen molar-refractivity contribution in [1.29, 1.82) is 0 Å². The first kappa shape index (κ1) is 17.5. The predicted octanol–water partition coefficient (Wildman–Crippen LogP) is 3.81. The van der Waals surface area contributed by atoms with Gasteiger partial charge in [0.25, 0.3) is 11.6 Å². The lowest BCUT2D eigenvalue weighted by molar-refractivity contribution is 0.0415. The largest absolute Gasteiger partial charge is 0.411 e. The van der Waals surface area contributed by atoms with Crippen molar-refractivity contribution in [3.63, 3.8) is 0 Å². The van der Waals surface area contributed by atoms with Crippen LogP contribution in [0.1, 0.15) is 12.6 Å². The second kappa shape index (κ2) is 6.71. The third kappa shape index (κ3) is 3.56. The number of hydrogen-bond acceptors (Lipinski definition) is 5. The molecular weight excluding hydrogens is 355 g/mol. The van der Waals surface area contributed by atoms with E-state index < -0.39 is 24.6 Å². The van der Waals surface area contributed by atoms with Crippen LogP contribution in [0.5, 0.6) is 5.19 Å². The molecule has 5 nitrogen and oxygen atoms in total. The van der Waals surface area contributed by atoms with Gasteiger partial charge in [0.15, 0.2) is 5.15 Å². The summed E-state index contributed by atoms with van der Waals surface area (Å²) in [4.78, 5) is 18.7. The van der Waals surface area contributed by atoms with E-state index in [1.165, 1.54) is 18.3 Å². The summed E-state index contributed by atoms with van der Waals surface area (Å²) >= 11 is 6.85. The van der Waals surface area contributed by atoms with Crippen molar-refractivity contribution >= 4 is 29.0 Å². The maximum atomic E-state index is 13.1. The minimum absolute atomic E-state index is 0.00222. The Hall–Kier alpha value is -1.87. The number of ether oxygens (including phenoxy) is 1. The lowest BCUT2D eigenvalue weighted by Crippen LogP contribution is -2.34. The third-order valence-corrected chi connectivity index (χ3v) is 4.49. The summed E-state index contributed by atoms with van der Waals surface area (Å²) in [5.74, 6) is 0. The Kier molecular flexibility index (Phi) is 5.10. The number of hydrogen-bond donors (Lipinski definition) is 1. The molecule has 1 unspecified atom stereocenters. The molecule has 1 amide bonds. The van der Waals surface area contributed by atoms with Crippen molar-refractivity contribution < 1.29 is 22.7 Å². The number of primary amides is 1. The standard InChI is InChI=1S/C13H11ClF3N3O2S/c1-13(5-15,10(16)17)7-4-6(2-3-19-7)8-9(14)20-12(23-8)22-11(18)21/h2-4,10H,5H2,1H3,(H2,18,21). The molecule has 0 aliphatic heterocycles. The van der Waals surface area contributed by atoms with E-state index in [1.807, 2.05) is 0 Å². The molecule has 0 saturated heterocycles. The van der Waals surface area contributed by atoms with Crippen LogP contribution in [0.25, 0.3) is 10.4 Å². The topological polar surface area (TPSA) is 78.1 Å². The van der Waals surface area contributed by atoms with Crippen molar-refractivity contribution in [2.75, 3.05) is 6.67 Å². The lowest BCUT2D eigenvalue weighted by atomic mass is 9.87. The number of carbonyl (C=O) groups is 1. The Morgan fingerprint density at radius 1 is 1.57 bits per heavy atom. The zero-order chi connectivity index (χ0) is 17.2. The summed E-state index contributed by atoms with van der Waals surface area (Å²) in [7, 11) is 0. The molecule has 10 heteroatoms. The number of nitrogens with zero attached hydrogens (tertiary/aromatic N) is 2. The summed E-state index contributed by atoms with van der Waals surface area (Å²) in [6, 6.07) is 2.81. The number of rotatable bonds is 5. The van der Waals surface area contributed by atoms with Crippen LogP contribution in [0.3, 0.4) is 0 Å². The molecule has 0 fully saturated rings. The Morgan fingerprint density at radius 3 is 2.83 bits per heavy atom. The van der Waals surface area contributed by atoms with Gasteiger partial charge in [-0.3, -0.25) is 4.98 Å². The van der Waals surface area contributed by atoms with Crippen LogP contribution in [0.4, 0.5) is 18.0 Å². The number of thiazole rings is 1. The van der Waals surface area contributed by atoms with Gasteiger partial charge in [-0.05, 0) is 24.6 Å². The van der Waals surface area contributed by atoms with Gasteiger partial charge in [-0.25, -0.2) is 18.0 Å². The van der Waals surface area contributed by atoms with Gasteiger partial charge >= 0.3 is 6.09 Å². The van der Waals surface area contributed by atoms with E-state index in [0.29, 0.717) is 10.4 Å². The van der Waals surface area contributed by atoms with Gasteiger partial charge < -0.3 is 10.5 Å². The maximum Gasteiger partial charge on any atom is 0.411 e. The van der Waals surface area contributed by atoms with Gasteiger partial charge in [-0.1, -0.05) is 22.9 Å². The van der Waals surface area contributed by atoms with Crippen molar-refractivity contribution in [2.45, 2.75) is 18.8 Å². The van der Waals surface area contributed by atoms with Crippen molar-refractivity contribution in [1.82, 2.24) is 9.97 Å². The summed E-state index contributed by atoms with van der Waals surface area (Å²) in [5, 5.41) is -0.0830. The fraction of sp³-hybridized carbons (Fsp3) is 0.308. The first-order chi connectivity index (χ1) is 10.8. The molecule has 23 heavy (non-hydrogen) atoms. The zero-order valence-corrected chi connectivity index (χ0v) is 13.3. The minimum Gasteiger partial charge on any atom is -0.381 e. The van der Waals surface area contributed by atoms with Gasteiger partial charge in [0.1, 0.15) is 6.67 Å². The van der Waals surface area contributed by atoms with E-state index in [2.05, 4.69) is 14.7 Å². The van der Waals surface area contributed by atoms with Crippen LogP contribution >= 0.6 is 22.9 Å². The van der Waals surface area contributed by atoms with E-state index in [1.54, 1.807) is 0 Å². The highest BCUT2D eigenvalue weighted by molar-refractivity contribution is 7.17. The summed E-state index contributed by atoms with van der Waals surface area (Å²) in [6.45, 7) is -0.187. The minimum atomic E-state index is -2.93. The van der Waals surface area contributed by atoms with Crippen LogP contribution < -0.4 is 10.5 Å². The normalized spacial score (nSPS) is 13.8. The molecule has 2 heterocycles. The van der Waals surface area contributed by atoms with Crippen LogP contribution in [0.15, 0.2) is 18.3 Å². The highest BCUT2D eigenvalue weighted by Gasteiger charge is 2.39. The summed E-state index contributed by atoms with van der Waals surface area (Å²) in [5.41, 5.74) is 3.14. The van der Waals surface area contributed by atoms with Crippen molar-refractivity contribution in [3.8, 4) is 15.6 Å². The number of alkyl halides is 3. The molecule has 0 aliphatic rings. The molecule has 124 valence electrons. The van der Waals surface area contributed by atoms with Gasteiger partial charge in [-0.15, -0.1) is 0 Å². The van der Waals surface area contributed by atoms with Gasteiger partial charge in [0.2, 0.25) is 0 Å². The van der Waals surface area contributed by atoms with E-state index in [0.717, 1.165) is 18.3 Å². The molecular formula is C13H11ClF3N3O2S. The van der Waals surface area contributed by atoms with Crippen LogP contribution in [-0.2, 0) is 5.41 Å². The van der Waals surface area contributed by atoms with Crippen LogP contribution in [0.2, 0.25) is 5.15 Å². The highest BCUT2D eigenvalue weighted by atomic mass is 35.5. The first-order valence-corrected chi connectivity index (χ1v) is 7.42. The van der Waals surface area contributed by atoms with E-state index in [9.17, 15) is 18.0 Å². The molecule has 0 spiro atoms. The Morgan fingerprint density at radius 2 is 2.26 bits per heavy atom. The fourth-order valence-electron chi connectivity index (χ4n) is 1.71. The summed E-state index contributed by atoms with van der Waals surface area (Å²) in [6.07, 6.45) is -2.72. The van der Waals surface area contributed by atoms with Crippen LogP contribution in [0, 0.1) is 0 Å². The van der Waals surface area contributed by atoms with Crippen LogP contribution in [-0.4, -0.2) is 29.2 Å². The maximum absolute atomic E-state index is 13.1. The van der Waals surface area contributed by atoms with E-state index in [-0.39, 0.29) is 16.0 Å². The molecule has 0 aliphatic carbocycles. The SMILES string of the molecule is CC(CF)(c1cc(-c2sc(OC(N)=O)nc2Cl)ccn1)C(F)F. The molecule has 1 atom stereocenters. The highest BCUT2D eigenvalue weighted by Crippen LogP contribution is 2.39. The second-order valence-corrected chi connectivity index (χ2v) is 6.12. The molecule has 0 aromatic carbocycles. The van der Waals surface area contributed by atoms with Gasteiger partial charge in [-0.2, -0.15) is 4.98 Å². The number of nitrogens with two attached hydrogens (primary N) is 1. The number of aromatic nitrogens is 2. The average Bonchev–Trinajstić information content (AvgIpc) is 2.86. The molecule has 0 bridgehead atoms. The van der Waals surface area contributed by atoms with Gasteiger partial charge in [0, 0.05) is 6.20 Å². The Labute approximate surface area is 138 Å². The molecule has 2 aromatic heterocycles. The molecule has 0 saturated carbocycles. The number of carbonyl (C=O) groups excluding carboxylic acids is 1. The lowest BCUT2D eigenvalue weighted by Gasteiger charge is -2.24. The number of amides is 1. The van der Waals surface area contributed by atoms with Crippen molar-refractivity contribution in [3.05, 3.63) is 29.2 Å². The van der Waals surface area contributed by atoms with Crippen molar-refractivity contribution in [2.24, 2.45) is 5.73 Å².